The summed E-state index contributed by atoms with van der Waals surface area (Å²) in [6, 6.07) is 5.92. The van der Waals surface area contributed by atoms with Gasteiger partial charge in [-0.15, -0.1) is 11.8 Å². The van der Waals surface area contributed by atoms with E-state index in [1.807, 2.05) is 37.7 Å². The number of fused-ring (bicyclic) bond motifs is 1. The maximum absolute atomic E-state index is 14.1. The van der Waals surface area contributed by atoms with Crippen LogP contribution < -0.4 is 5.32 Å². The third-order valence-electron chi connectivity index (χ3n) is 3.00. The van der Waals surface area contributed by atoms with Crippen molar-refractivity contribution in [3.63, 3.8) is 0 Å². The van der Waals surface area contributed by atoms with Gasteiger partial charge in [-0.3, -0.25) is 0 Å². The maximum atomic E-state index is 14.1. The Morgan fingerprint density at radius 2 is 2.31 bits per heavy atom. The summed E-state index contributed by atoms with van der Waals surface area (Å²) in [7, 11) is 0. The van der Waals surface area contributed by atoms with Crippen molar-refractivity contribution in [2.75, 3.05) is 12.3 Å². The Bertz CT molecular complexity index is 367. The van der Waals surface area contributed by atoms with Gasteiger partial charge in [-0.05, 0) is 37.1 Å². The molecular formula is C13H18FNS. The molecule has 3 heteroatoms. The molecule has 0 aromatic heterocycles. The van der Waals surface area contributed by atoms with Crippen molar-refractivity contribution in [2.45, 2.75) is 37.4 Å². The average Bonchev–Trinajstić information content (AvgIpc) is 2.75. The number of likely N-dealkylation sites (N-methyl/N-ethyl adjacent to an activating group) is 1. The molecule has 88 valence electrons. The van der Waals surface area contributed by atoms with Crippen molar-refractivity contribution in [1.82, 2.24) is 5.32 Å². The number of rotatable bonds is 4. The predicted octanol–water partition coefficient (Wildman–Crippen LogP) is 3.34. The molecule has 0 fully saturated rings. The number of nitrogens with one attached hydrogen (secondary N) is 1. The van der Waals surface area contributed by atoms with E-state index in [9.17, 15) is 4.39 Å². The van der Waals surface area contributed by atoms with Crippen LogP contribution in [-0.2, 0) is 6.42 Å². The third-order valence-corrected chi connectivity index (χ3v) is 4.10. The molecule has 0 radical (unpaired) electrons. The highest BCUT2D eigenvalue weighted by atomic mass is 32.2. The van der Waals surface area contributed by atoms with Gasteiger partial charge in [0.05, 0.1) is 0 Å². The zero-order chi connectivity index (χ0) is 11.5. The first-order valence-electron chi connectivity index (χ1n) is 5.85. The summed E-state index contributed by atoms with van der Waals surface area (Å²) in [6.45, 7) is 4.71. The van der Waals surface area contributed by atoms with Crippen LogP contribution in [0.5, 0.6) is 0 Å². The fraction of sp³-hybridized carbons (Fsp3) is 0.538. The Balaban J connectivity index is 2.14. The van der Waals surface area contributed by atoms with Gasteiger partial charge >= 0.3 is 0 Å². The van der Waals surface area contributed by atoms with Crippen LogP contribution in [0.4, 0.5) is 4.39 Å². The van der Waals surface area contributed by atoms with Crippen LogP contribution in [0.25, 0.3) is 0 Å². The van der Waals surface area contributed by atoms with Crippen LogP contribution in [0.15, 0.2) is 23.1 Å². The van der Waals surface area contributed by atoms with Gasteiger partial charge in [-0.1, -0.05) is 19.1 Å². The van der Waals surface area contributed by atoms with Crippen molar-refractivity contribution in [3.8, 4) is 0 Å². The van der Waals surface area contributed by atoms with Gasteiger partial charge in [0.1, 0.15) is 6.17 Å². The fourth-order valence-electron chi connectivity index (χ4n) is 2.07. The Labute approximate surface area is 101 Å². The summed E-state index contributed by atoms with van der Waals surface area (Å²) >= 11 is 1.84. The second-order valence-electron chi connectivity index (χ2n) is 4.21. The summed E-state index contributed by atoms with van der Waals surface area (Å²) in [5, 5.41) is 3.13. The highest BCUT2D eigenvalue weighted by Gasteiger charge is 2.20. The molecule has 0 spiro atoms. The minimum Gasteiger partial charge on any atom is -0.311 e. The molecule has 1 heterocycles. The van der Waals surface area contributed by atoms with Crippen LogP contribution >= 0.6 is 11.8 Å². The predicted molar refractivity (Wildman–Crippen MR) is 67.9 cm³/mol. The van der Waals surface area contributed by atoms with Crippen LogP contribution in [0, 0.1) is 0 Å². The minimum absolute atomic E-state index is 0.116. The molecule has 0 bridgehead atoms. The van der Waals surface area contributed by atoms with Gasteiger partial charge in [-0.2, -0.15) is 0 Å². The van der Waals surface area contributed by atoms with Gasteiger partial charge in [0, 0.05) is 16.7 Å². The van der Waals surface area contributed by atoms with Crippen LogP contribution in [0.2, 0.25) is 0 Å². The van der Waals surface area contributed by atoms with Crippen LogP contribution in [0.3, 0.4) is 0 Å². The lowest BCUT2D eigenvalue weighted by Crippen LogP contribution is -2.29. The first kappa shape index (κ1) is 11.9. The zero-order valence-corrected chi connectivity index (χ0v) is 10.6. The first-order valence-corrected chi connectivity index (χ1v) is 6.84. The molecule has 1 N–H and O–H groups in total. The summed E-state index contributed by atoms with van der Waals surface area (Å²) in [4.78, 5) is 1.27. The van der Waals surface area contributed by atoms with Crippen molar-refractivity contribution in [3.05, 3.63) is 29.3 Å². The van der Waals surface area contributed by atoms with Gasteiger partial charge in [0.25, 0.3) is 0 Å². The molecule has 0 saturated heterocycles. The molecule has 0 saturated carbocycles. The van der Waals surface area contributed by atoms with Gasteiger partial charge < -0.3 is 5.32 Å². The molecule has 1 aromatic carbocycles. The highest BCUT2D eigenvalue weighted by molar-refractivity contribution is 7.99. The normalized spacial score (nSPS) is 18.2. The Kier molecular flexibility index (Phi) is 3.87. The average molecular weight is 239 g/mol. The summed E-state index contributed by atoms with van der Waals surface area (Å²) in [5.74, 6) is 1.14. The second kappa shape index (κ2) is 5.19. The van der Waals surface area contributed by atoms with E-state index in [-0.39, 0.29) is 6.04 Å². The molecule has 2 rings (SSSR count). The van der Waals surface area contributed by atoms with E-state index < -0.39 is 6.17 Å². The SMILES string of the molecule is CCNC(C)C(F)c1ccc2c(c1)SCC2. The number of aryl methyl sites for hydroxylation is 1. The topological polar surface area (TPSA) is 12.0 Å². The van der Waals surface area contributed by atoms with Gasteiger partial charge in [0.15, 0.2) is 0 Å². The molecule has 0 amide bonds. The zero-order valence-electron chi connectivity index (χ0n) is 9.79. The molecule has 0 aliphatic carbocycles. The lowest BCUT2D eigenvalue weighted by atomic mass is 10.0. The van der Waals surface area contributed by atoms with Crippen LogP contribution in [0.1, 0.15) is 31.1 Å². The summed E-state index contributed by atoms with van der Waals surface area (Å²) in [6.07, 6.45) is 0.214. The fourth-order valence-corrected chi connectivity index (χ4v) is 3.19. The van der Waals surface area contributed by atoms with Gasteiger partial charge in [0.2, 0.25) is 0 Å². The number of hydrogen-bond acceptors (Lipinski definition) is 2. The number of alkyl halides is 1. The van der Waals surface area contributed by atoms with Gasteiger partial charge in [-0.25, -0.2) is 4.39 Å². The first-order chi connectivity index (χ1) is 7.72. The van der Waals surface area contributed by atoms with E-state index in [0.717, 1.165) is 24.3 Å². The minimum atomic E-state index is -0.911. The Morgan fingerprint density at radius 1 is 1.50 bits per heavy atom. The van der Waals surface area contributed by atoms with E-state index >= 15 is 0 Å². The molecule has 1 aromatic rings. The lowest BCUT2D eigenvalue weighted by molar-refractivity contribution is 0.268. The molecular weight excluding hydrogens is 221 g/mol. The number of benzene rings is 1. The molecule has 1 aliphatic heterocycles. The largest absolute Gasteiger partial charge is 0.311 e. The molecule has 1 nitrogen and oxygen atoms in total. The maximum Gasteiger partial charge on any atom is 0.140 e. The van der Waals surface area contributed by atoms with Crippen LogP contribution in [-0.4, -0.2) is 18.3 Å². The van der Waals surface area contributed by atoms with E-state index in [4.69, 9.17) is 0 Å². The van der Waals surface area contributed by atoms with Crippen molar-refractivity contribution in [2.24, 2.45) is 0 Å². The highest BCUT2D eigenvalue weighted by Crippen LogP contribution is 2.34. The number of thioether (sulfide) groups is 1. The standard InChI is InChI=1S/C13H18FNS/c1-3-15-9(2)13(14)11-5-4-10-6-7-16-12(10)8-11/h4-5,8-9,13,15H,3,6-7H2,1-2H3. The van der Waals surface area contributed by atoms with E-state index in [0.29, 0.717) is 0 Å². The quantitative estimate of drug-likeness (QED) is 0.865. The molecule has 16 heavy (non-hydrogen) atoms. The van der Waals surface area contributed by atoms with E-state index in [2.05, 4.69) is 11.4 Å². The smallest absolute Gasteiger partial charge is 0.140 e. The number of halogens is 1. The number of hydrogen-bond donors (Lipinski definition) is 1. The lowest BCUT2D eigenvalue weighted by Gasteiger charge is -2.18. The molecule has 2 unspecified atom stereocenters. The van der Waals surface area contributed by atoms with Crippen molar-refractivity contribution < 1.29 is 4.39 Å². The van der Waals surface area contributed by atoms with Crippen molar-refractivity contribution >= 4 is 11.8 Å². The summed E-state index contributed by atoms with van der Waals surface area (Å²) in [5.41, 5.74) is 2.18. The Morgan fingerprint density at radius 3 is 3.06 bits per heavy atom. The van der Waals surface area contributed by atoms with E-state index in [1.165, 1.54) is 10.5 Å². The van der Waals surface area contributed by atoms with Crippen molar-refractivity contribution in [1.29, 1.82) is 0 Å². The monoisotopic (exact) mass is 239 g/mol. The summed E-state index contributed by atoms with van der Waals surface area (Å²) < 4.78 is 14.1. The third kappa shape index (κ3) is 2.41. The molecule has 2 atom stereocenters. The van der Waals surface area contributed by atoms with E-state index in [1.54, 1.807) is 0 Å². The Hall–Kier alpha value is -0.540. The molecule has 1 aliphatic rings. The second-order valence-corrected chi connectivity index (χ2v) is 5.35.